The van der Waals surface area contributed by atoms with Gasteiger partial charge in [0.25, 0.3) is 0 Å². The molecule has 108 valence electrons. The van der Waals surface area contributed by atoms with Gasteiger partial charge in [0.15, 0.2) is 0 Å². The fourth-order valence-corrected chi connectivity index (χ4v) is 4.13. The van der Waals surface area contributed by atoms with Crippen LogP contribution < -0.4 is 0 Å². The molecule has 0 aliphatic heterocycles. The van der Waals surface area contributed by atoms with Crippen molar-refractivity contribution < 1.29 is 0 Å². The highest BCUT2D eigenvalue weighted by Crippen LogP contribution is 2.35. The molecule has 5 rings (SSSR count). The van der Waals surface area contributed by atoms with Crippen LogP contribution in [0.1, 0.15) is 0 Å². The van der Waals surface area contributed by atoms with E-state index in [0.29, 0.717) is 0 Å². The van der Waals surface area contributed by atoms with Gasteiger partial charge in [0.2, 0.25) is 0 Å². The normalized spacial score (nSPS) is 11.5. The lowest BCUT2D eigenvalue weighted by atomic mass is 9.97. The zero-order chi connectivity index (χ0) is 15.2. The molecule has 0 aliphatic rings. The molecule has 1 heterocycles. The van der Waals surface area contributed by atoms with Crippen molar-refractivity contribution in [3.05, 3.63) is 84.2 Å². The predicted octanol–water partition coefficient (Wildman–Crippen LogP) is 6.87. The smallest absolute Gasteiger partial charge is 0.0348 e. The third-order valence-electron chi connectivity index (χ3n) is 4.49. The van der Waals surface area contributed by atoms with Gasteiger partial charge in [-0.15, -0.1) is 11.3 Å². The van der Waals surface area contributed by atoms with E-state index < -0.39 is 0 Å². The topological polar surface area (TPSA) is 0 Å². The molecular weight excluding hydrogens is 296 g/mol. The molecule has 4 aromatic carbocycles. The van der Waals surface area contributed by atoms with Gasteiger partial charge in [-0.05, 0) is 73.6 Å². The van der Waals surface area contributed by atoms with E-state index in [1.807, 2.05) is 0 Å². The summed E-state index contributed by atoms with van der Waals surface area (Å²) in [5.41, 5.74) is 1.33. The molecule has 0 saturated heterocycles. The molecule has 0 N–H and O–H groups in total. The fourth-order valence-electron chi connectivity index (χ4n) is 3.37. The number of benzene rings is 4. The fraction of sp³-hybridized carbons (Fsp3) is 0. The van der Waals surface area contributed by atoms with Crippen molar-refractivity contribution in [2.45, 2.75) is 0 Å². The van der Waals surface area contributed by atoms with Gasteiger partial charge in [0.05, 0.1) is 0 Å². The van der Waals surface area contributed by atoms with Crippen molar-refractivity contribution in [2.24, 2.45) is 0 Å². The molecule has 0 amide bonds. The van der Waals surface area contributed by atoms with Crippen LogP contribution in [0.4, 0.5) is 0 Å². The van der Waals surface area contributed by atoms with E-state index in [4.69, 9.17) is 0 Å². The average molecular weight is 310 g/mol. The van der Waals surface area contributed by atoms with Crippen LogP contribution in [0.25, 0.3) is 42.8 Å². The zero-order valence-corrected chi connectivity index (χ0v) is 13.3. The standard InChI is InChI=1S/C22H14S/c1-2-6-16-12-19-14-21-17(13-18(19)11-15(16)5-1)7-3-8-20(21)22-9-4-10-23-22/h1-14H. The van der Waals surface area contributed by atoms with Crippen LogP contribution in [0.15, 0.2) is 84.2 Å². The van der Waals surface area contributed by atoms with Gasteiger partial charge in [-0.3, -0.25) is 0 Å². The summed E-state index contributed by atoms with van der Waals surface area (Å²) in [7, 11) is 0. The SMILES string of the molecule is c1csc(-c2cccc3cc4cc5ccccc5cc4cc23)c1. The lowest BCUT2D eigenvalue weighted by Crippen LogP contribution is -1.81. The van der Waals surface area contributed by atoms with Crippen molar-refractivity contribution in [1.82, 2.24) is 0 Å². The molecule has 1 aromatic heterocycles. The molecule has 0 atom stereocenters. The number of fused-ring (bicyclic) bond motifs is 3. The highest BCUT2D eigenvalue weighted by atomic mass is 32.1. The first-order chi connectivity index (χ1) is 11.4. The molecule has 0 radical (unpaired) electrons. The van der Waals surface area contributed by atoms with Gasteiger partial charge >= 0.3 is 0 Å². The van der Waals surface area contributed by atoms with Gasteiger partial charge in [0, 0.05) is 4.88 Å². The van der Waals surface area contributed by atoms with Crippen LogP contribution in [0, 0.1) is 0 Å². The first-order valence-electron chi connectivity index (χ1n) is 7.78. The average Bonchev–Trinajstić information content (AvgIpc) is 3.12. The maximum atomic E-state index is 2.34. The maximum absolute atomic E-state index is 2.34. The second kappa shape index (κ2) is 4.94. The summed E-state index contributed by atoms with van der Waals surface area (Å²) in [5, 5.41) is 9.99. The lowest BCUT2D eigenvalue weighted by Gasteiger charge is -2.08. The van der Waals surface area contributed by atoms with E-state index in [-0.39, 0.29) is 0 Å². The molecule has 0 spiro atoms. The molecule has 0 fully saturated rings. The van der Waals surface area contributed by atoms with Gasteiger partial charge in [-0.25, -0.2) is 0 Å². The Hall–Kier alpha value is -2.64. The second-order valence-corrected chi connectivity index (χ2v) is 6.85. The van der Waals surface area contributed by atoms with Crippen LogP contribution in [0.5, 0.6) is 0 Å². The summed E-state index contributed by atoms with van der Waals surface area (Å²) < 4.78 is 0. The van der Waals surface area contributed by atoms with Gasteiger partial charge in [-0.1, -0.05) is 48.5 Å². The van der Waals surface area contributed by atoms with Crippen molar-refractivity contribution in [1.29, 1.82) is 0 Å². The van der Waals surface area contributed by atoms with Crippen molar-refractivity contribution in [3.63, 3.8) is 0 Å². The Morgan fingerprint density at radius 1 is 0.522 bits per heavy atom. The Morgan fingerprint density at radius 2 is 1.22 bits per heavy atom. The van der Waals surface area contributed by atoms with Crippen molar-refractivity contribution in [3.8, 4) is 10.4 Å². The Balaban J connectivity index is 1.89. The van der Waals surface area contributed by atoms with E-state index >= 15 is 0 Å². The first kappa shape index (κ1) is 12.9. The van der Waals surface area contributed by atoms with Gasteiger partial charge < -0.3 is 0 Å². The molecule has 0 saturated carbocycles. The Kier molecular flexibility index (Phi) is 2.76. The van der Waals surface area contributed by atoms with Crippen molar-refractivity contribution in [2.75, 3.05) is 0 Å². The minimum atomic E-state index is 1.30. The number of hydrogen-bond donors (Lipinski definition) is 0. The molecule has 0 nitrogen and oxygen atoms in total. The van der Waals surface area contributed by atoms with E-state index in [1.165, 1.54) is 42.8 Å². The largest absolute Gasteiger partial charge is 0.144 e. The molecule has 0 bridgehead atoms. The molecular formula is C22H14S. The molecule has 1 heteroatoms. The third kappa shape index (κ3) is 2.05. The highest BCUT2D eigenvalue weighted by molar-refractivity contribution is 7.13. The summed E-state index contributed by atoms with van der Waals surface area (Å²) in [6, 6.07) is 28.7. The summed E-state index contributed by atoms with van der Waals surface area (Å²) in [4.78, 5) is 1.33. The van der Waals surface area contributed by atoms with Crippen LogP contribution >= 0.6 is 11.3 Å². The summed E-state index contributed by atoms with van der Waals surface area (Å²) in [6.07, 6.45) is 0. The summed E-state index contributed by atoms with van der Waals surface area (Å²) in [5.74, 6) is 0. The number of thiophene rings is 1. The van der Waals surface area contributed by atoms with Crippen LogP contribution in [0.2, 0.25) is 0 Å². The molecule has 23 heavy (non-hydrogen) atoms. The van der Waals surface area contributed by atoms with Crippen LogP contribution in [-0.4, -0.2) is 0 Å². The van der Waals surface area contributed by atoms with E-state index in [9.17, 15) is 0 Å². The van der Waals surface area contributed by atoms with E-state index in [0.717, 1.165) is 0 Å². The minimum Gasteiger partial charge on any atom is -0.144 e. The number of rotatable bonds is 1. The Bertz CT molecular complexity index is 1150. The zero-order valence-electron chi connectivity index (χ0n) is 12.5. The van der Waals surface area contributed by atoms with Gasteiger partial charge in [-0.2, -0.15) is 0 Å². The van der Waals surface area contributed by atoms with Crippen molar-refractivity contribution >= 4 is 43.7 Å². The quantitative estimate of drug-likeness (QED) is 0.296. The summed E-state index contributed by atoms with van der Waals surface area (Å²) >= 11 is 1.80. The first-order valence-corrected chi connectivity index (χ1v) is 8.66. The number of hydrogen-bond acceptors (Lipinski definition) is 1. The summed E-state index contributed by atoms with van der Waals surface area (Å²) in [6.45, 7) is 0. The van der Waals surface area contributed by atoms with Crippen LogP contribution in [0.3, 0.4) is 0 Å². The highest BCUT2D eigenvalue weighted by Gasteiger charge is 2.07. The molecule has 0 unspecified atom stereocenters. The Labute approximate surface area is 138 Å². The minimum absolute atomic E-state index is 1.30. The Morgan fingerprint density at radius 3 is 1.96 bits per heavy atom. The van der Waals surface area contributed by atoms with E-state index in [2.05, 4.69) is 84.2 Å². The second-order valence-electron chi connectivity index (χ2n) is 5.90. The lowest BCUT2D eigenvalue weighted by molar-refractivity contribution is 1.76. The monoisotopic (exact) mass is 310 g/mol. The third-order valence-corrected chi connectivity index (χ3v) is 5.39. The predicted molar refractivity (Wildman–Crippen MR) is 102 cm³/mol. The maximum Gasteiger partial charge on any atom is 0.0348 e. The van der Waals surface area contributed by atoms with E-state index in [1.54, 1.807) is 11.3 Å². The van der Waals surface area contributed by atoms with Gasteiger partial charge in [0.1, 0.15) is 0 Å². The molecule has 5 aromatic rings. The molecule has 0 aliphatic carbocycles. The van der Waals surface area contributed by atoms with Crippen LogP contribution in [-0.2, 0) is 0 Å².